The van der Waals surface area contributed by atoms with Crippen LogP contribution >= 0.6 is 22.6 Å². The number of amides is 1. The third-order valence-electron chi connectivity index (χ3n) is 4.05. The molecule has 1 heterocycles. The summed E-state index contributed by atoms with van der Waals surface area (Å²) in [5.74, 6) is -0.616. The zero-order valence-electron chi connectivity index (χ0n) is 18.9. The number of carbonyl (C=O) groups excluding carboxylic acids is 3. The first-order chi connectivity index (χ1) is 14.2. The van der Waals surface area contributed by atoms with Crippen LogP contribution in [0.25, 0.3) is 10.9 Å². The number of esters is 1. The maximum Gasteiger partial charge on any atom is 0.419 e. The van der Waals surface area contributed by atoms with E-state index in [1.54, 1.807) is 53.8 Å². The molecule has 9 heteroatoms. The summed E-state index contributed by atoms with van der Waals surface area (Å²) in [7, 11) is 1.25. The number of nitrogens with zero attached hydrogens (tertiary/aromatic N) is 1. The van der Waals surface area contributed by atoms with Gasteiger partial charge in [0.1, 0.15) is 17.2 Å². The van der Waals surface area contributed by atoms with Crippen LogP contribution in [0.3, 0.4) is 0 Å². The summed E-state index contributed by atoms with van der Waals surface area (Å²) in [6.45, 7) is 10.6. The summed E-state index contributed by atoms with van der Waals surface area (Å²) in [5.41, 5.74) is -0.0375. The number of fused-ring (bicyclic) bond motifs is 1. The number of aromatic nitrogens is 1. The number of ether oxygens (including phenoxy) is 3. The van der Waals surface area contributed by atoms with Crippen LogP contribution in [0.15, 0.2) is 24.4 Å². The van der Waals surface area contributed by atoms with Crippen molar-refractivity contribution in [1.82, 2.24) is 9.88 Å². The second-order valence-electron chi connectivity index (χ2n) is 9.06. The lowest BCUT2D eigenvalue weighted by Gasteiger charge is -2.22. The van der Waals surface area contributed by atoms with Gasteiger partial charge in [0.2, 0.25) is 0 Å². The van der Waals surface area contributed by atoms with Crippen LogP contribution in [-0.2, 0) is 25.4 Å². The van der Waals surface area contributed by atoms with Gasteiger partial charge in [-0.1, -0.05) is 6.07 Å². The van der Waals surface area contributed by atoms with E-state index >= 15 is 0 Å². The van der Waals surface area contributed by atoms with E-state index in [2.05, 4.69) is 27.9 Å². The Labute approximate surface area is 195 Å². The SMILES string of the molecule is COC(=O)[C@@H](Cc1cn(C(=O)OC(C)(C)C)c2cccc(I)c12)NC(=O)OC(C)(C)C. The molecule has 1 aromatic carbocycles. The average molecular weight is 544 g/mol. The molecule has 8 nitrogen and oxygen atoms in total. The highest BCUT2D eigenvalue weighted by atomic mass is 127. The van der Waals surface area contributed by atoms with Crippen molar-refractivity contribution < 1.29 is 28.6 Å². The van der Waals surface area contributed by atoms with Crippen LogP contribution < -0.4 is 5.32 Å². The highest BCUT2D eigenvalue weighted by molar-refractivity contribution is 14.1. The fraction of sp³-hybridized carbons (Fsp3) is 0.500. The molecule has 0 spiro atoms. The number of benzene rings is 1. The second kappa shape index (κ2) is 9.46. The van der Waals surface area contributed by atoms with Gasteiger partial charge in [-0.2, -0.15) is 0 Å². The van der Waals surface area contributed by atoms with Gasteiger partial charge in [-0.05, 0) is 81.8 Å². The van der Waals surface area contributed by atoms with Crippen LogP contribution in [-0.4, -0.2) is 47.1 Å². The molecule has 1 N–H and O–H groups in total. The van der Waals surface area contributed by atoms with Gasteiger partial charge in [-0.3, -0.25) is 4.57 Å². The molecular formula is C22H29IN2O6. The second-order valence-corrected chi connectivity index (χ2v) is 10.2. The van der Waals surface area contributed by atoms with Crippen molar-refractivity contribution in [1.29, 1.82) is 0 Å². The molecule has 0 aliphatic heterocycles. The van der Waals surface area contributed by atoms with Gasteiger partial charge in [0.15, 0.2) is 0 Å². The van der Waals surface area contributed by atoms with Crippen molar-refractivity contribution in [3.63, 3.8) is 0 Å². The van der Waals surface area contributed by atoms with E-state index in [0.717, 1.165) is 8.96 Å². The van der Waals surface area contributed by atoms with E-state index < -0.39 is 35.4 Å². The summed E-state index contributed by atoms with van der Waals surface area (Å²) < 4.78 is 18.0. The molecule has 1 amide bonds. The molecular weight excluding hydrogens is 515 g/mol. The first-order valence-electron chi connectivity index (χ1n) is 9.81. The van der Waals surface area contributed by atoms with Gasteiger partial charge in [-0.15, -0.1) is 0 Å². The van der Waals surface area contributed by atoms with Gasteiger partial charge in [-0.25, -0.2) is 14.4 Å². The van der Waals surface area contributed by atoms with Gasteiger partial charge in [0, 0.05) is 21.6 Å². The van der Waals surface area contributed by atoms with Crippen molar-refractivity contribution in [2.45, 2.75) is 65.2 Å². The lowest BCUT2D eigenvalue weighted by Crippen LogP contribution is -2.45. The average Bonchev–Trinajstić information content (AvgIpc) is 2.97. The smallest absolute Gasteiger partial charge is 0.419 e. The number of rotatable bonds is 4. The van der Waals surface area contributed by atoms with Crippen molar-refractivity contribution >= 4 is 51.6 Å². The van der Waals surface area contributed by atoms with Crippen molar-refractivity contribution in [3.8, 4) is 0 Å². The van der Waals surface area contributed by atoms with Crippen molar-refractivity contribution in [2.75, 3.05) is 7.11 Å². The monoisotopic (exact) mass is 544 g/mol. The highest BCUT2D eigenvalue weighted by Gasteiger charge is 2.28. The van der Waals surface area contributed by atoms with Crippen LogP contribution in [0.1, 0.15) is 47.1 Å². The molecule has 1 aromatic heterocycles. The molecule has 0 bridgehead atoms. The van der Waals surface area contributed by atoms with Gasteiger partial charge >= 0.3 is 18.2 Å². The standard InChI is InChI=1S/C22H29IN2O6/c1-21(2,3)30-19(27)24-15(18(26)29-7)11-13-12-25(20(28)31-22(4,5)6)16-10-8-9-14(23)17(13)16/h8-10,12,15H,11H2,1-7H3,(H,24,27)/t15-/m1/s1. The quantitative estimate of drug-likeness (QED) is 0.343. The Morgan fingerprint density at radius 1 is 1.06 bits per heavy atom. The molecule has 0 radical (unpaired) electrons. The van der Waals surface area contributed by atoms with E-state index in [9.17, 15) is 14.4 Å². The largest absolute Gasteiger partial charge is 0.467 e. The van der Waals surface area contributed by atoms with E-state index in [0.29, 0.717) is 11.1 Å². The minimum absolute atomic E-state index is 0.109. The highest BCUT2D eigenvalue weighted by Crippen LogP contribution is 2.28. The van der Waals surface area contributed by atoms with Gasteiger partial charge < -0.3 is 19.5 Å². The van der Waals surface area contributed by atoms with Crippen LogP contribution in [0, 0.1) is 3.57 Å². The molecule has 0 saturated carbocycles. The Kier molecular flexibility index (Phi) is 7.61. The number of alkyl carbamates (subject to hydrolysis) is 1. The summed E-state index contributed by atoms with van der Waals surface area (Å²) in [6.07, 6.45) is 0.486. The molecule has 0 unspecified atom stereocenters. The molecule has 1 atom stereocenters. The van der Waals surface area contributed by atoms with Crippen molar-refractivity contribution in [3.05, 3.63) is 33.5 Å². The third-order valence-corrected chi connectivity index (χ3v) is 4.95. The Hall–Kier alpha value is -2.30. The van der Waals surface area contributed by atoms with Crippen LogP contribution in [0.4, 0.5) is 9.59 Å². The molecule has 2 rings (SSSR count). The van der Waals surface area contributed by atoms with Gasteiger partial charge in [0.25, 0.3) is 0 Å². The number of methoxy groups -OCH3 is 1. The molecule has 0 aliphatic rings. The van der Waals surface area contributed by atoms with Crippen LogP contribution in [0.2, 0.25) is 0 Å². The molecule has 170 valence electrons. The fourth-order valence-corrected chi connectivity index (χ4v) is 3.77. The molecule has 0 fully saturated rings. The first kappa shape index (κ1) is 25.0. The Morgan fingerprint density at radius 3 is 2.23 bits per heavy atom. The number of halogens is 1. The minimum atomic E-state index is -0.992. The fourth-order valence-electron chi connectivity index (χ4n) is 2.94. The molecule has 0 aliphatic carbocycles. The molecule has 2 aromatic rings. The zero-order chi connectivity index (χ0) is 23.6. The number of hydrogen-bond donors (Lipinski definition) is 1. The number of hydrogen-bond acceptors (Lipinski definition) is 6. The van der Waals surface area contributed by atoms with E-state index in [1.165, 1.54) is 11.7 Å². The van der Waals surface area contributed by atoms with E-state index in [-0.39, 0.29) is 6.42 Å². The predicted octanol–water partition coefficient (Wildman–Crippen LogP) is 4.64. The Bertz CT molecular complexity index is 984. The summed E-state index contributed by atoms with van der Waals surface area (Å²) in [4.78, 5) is 37.4. The number of nitrogens with one attached hydrogen (secondary N) is 1. The number of carbonyl (C=O) groups is 3. The van der Waals surface area contributed by atoms with E-state index in [4.69, 9.17) is 14.2 Å². The van der Waals surface area contributed by atoms with Crippen molar-refractivity contribution in [2.24, 2.45) is 0 Å². The third kappa shape index (κ3) is 6.84. The topological polar surface area (TPSA) is 95.9 Å². The summed E-state index contributed by atoms with van der Waals surface area (Å²) in [6, 6.07) is 4.55. The minimum Gasteiger partial charge on any atom is -0.467 e. The summed E-state index contributed by atoms with van der Waals surface area (Å²) >= 11 is 2.17. The van der Waals surface area contributed by atoms with E-state index in [1.807, 2.05) is 12.1 Å². The lowest BCUT2D eigenvalue weighted by molar-refractivity contribution is -0.143. The first-order valence-corrected chi connectivity index (χ1v) is 10.9. The maximum absolute atomic E-state index is 12.8. The lowest BCUT2D eigenvalue weighted by atomic mass is 10.1. The maximum atomic E-state index is 12.8. The Balaban J connectivity index is 2.44. The molecule has 0 saturated heterocycles. The summed E-state index contributed by atoms with van der Waals surface area (Å²) in [5, 5.41) is 3.37. The van der Waals surface area contributed by atoms with Crippen LogP contribution in [0.5, 0.6) is 0 Å². The zero-order valence-corrected chi connectivity index (χ0v) is 21.0. The predicted molar refractivity (Wildman–Crippen MR) is 125 cm³/mol. The van der Waals surface area contributed by atoms with Gasteiger partial charge in [0.05, 0.1) is 12.6 Å². The molecule has 31 heavy (non-hydrogen) atoms. The normalized spacial score (nSPS) is 12.9. The Morgan fingerprint density at radius 2 is 1.68 bits per heavy atom.